The highest BCUT2D eigenvalue weighted by molar-refractivity contribution is 9.10. The summed E-state index contributed by atoms with van der Waals surface area (Å²) in [6, 6.07) is 4.35. The molecule has 19 heavy (non-hydrogen) atoms. The SMILES string of the molecule is Clc1cc(C23CC4CC(CC(C4)C2)C3)cc(Br)c1Cl. The van der Waals surface area contributed by atoms with Crippen LogP contribution in [-0.2, 0) is 5.41 Å². The predicted octanol–water partition coefficient (Wildman–Crippen LogP) is 6.22. The van der Waals surface area contributed by atoms with Crippen LogP contribution in [0, 0.1) is 17.8 Å². The molecule has 0 atom stereocenters. The first-order chi connectivity index (χ1) is 9.06. The second kappa shape index (κ2) is 4.39. The van der Waals surface area contributed by atoms with Gasteiger partial charge < -0.3 is 0 Å². The number of halogens is 3. The third-order valence-corrected chi connectivity index (χ3v) is 7.29. The summed E-state index contributed by atoms with van der Waals surface area (Å²) in [6.45, 7) is 0. The number of benzene rings is 1. The predicted molar refractivity (Wildman–Crippen MR) is 84.0 cm³/mol. The van der Waals surface area contributed by atoms with Crippen molar-refractivity contribution >= 4 is 39.1 Å². The smallest absolute Gasteiger partial charge is 0.0734 e. The van der Waals surface area contributed by atoms with Gasteiger partial charge in [0.05, 0.1) is 10.0 Å². The molecule has 102 valence electrons. The lowest BCUT2D eigenvalue weighted by Gasteiger charge is -2.57. The highest BCUT2D eigenvalue weighted by Gasteiger charge is 2.51. The Balaban J connectivity index is 1.79. The van der Waals surface area contributed by atoms with Crippen LogP contribution in [0.1, 0.15) is 44.1 Å². The summed E-state index contributed by atoms with van der Waals surface area (Å²) in [5, 5.41) is 1.34. The third-order valence-electron chi connectivity index (χ3n) is 5.63. The van der Waals surface area contributed by atoms with Crippen molar-refractivity contribution in [3.63, 3.8) is 0 Å². The van der Waals surface area contributed by atoms with Crippen LogP contribution in [0.15, 0.2) is 16.6 Å². The van der Waals surface area contributed by atoms with Crippen molar-refractivity contribution in [1.29, 1.82) is 0 Å². The van der Waals surface area contributed by atoms with Crippen LogP contribution in [-0.4, -0.2) is 0 Å². The molecule has 0 amide bonds. The molecule has 0 aromatic heterocycles. The van der Waals surface area contributed by atoms with Gasteiger partial charge in [0.15, 0.2) is 0 Å². The Labute approximate surface area is 133 Å². The van der Waals surface area contributed by atoms with Crippen molar-refractivity contribution in [2.24, 2.45) is 17.8 Å². The molecule has 4 aliphatic carbocycles. The molecule has 0 saturated heterocycles. The maximum Gasteiger partial charge on any atom is 0.0734 e. The van der Waals surface area contributed by atoms with E-state index in [9.17, 15) is 0 Å². The first-order valence-electron chi connectivity index (χ1n) is 7.21. The quantitative estimate of drug-likeness (QED) is 0.522. The van der Waals surface area contributed by atoms with Gasteiger partial charge >= 0.3 is 0 Å². The highest BCUT2D eigenvalue weighted by Crippen LogP contribution is 2.61. The maximum atomic E-state index is 6.30. The van der Waals surface area contributed by atoms with Crippen molar-refractivity contribution in [3.8, 4) is 0 Å². The van der Waals surface area contributed by atoms with E-state index in [2.05, 4.69) is 28.1 Å². The molecular formula is C16H17BrCl2. The molecule has 0 nitrogen and oxygen atoms in total. The van der Waals surface area contributed by atoms with Gasteiger partial charge in [0.2, 0.25) is 0 Å². The second-order valence-corrected chi connectivity index (χ2v) is 8.59. The van der Waals surface area contributed by atoms with Gasteiger partial charge in [0.1, 0.15) is 0 Å². The maximum absolute atomic E-state index is 6.30. The van der Waals surface area contributed by atoms with Crippen LogP contribution >= 0.6 is 39.1 Å². The molecule has 1 aromatic rings. The number of rotatable bonds is 1. The minimum atomic E-state index is 0.394. The van der Waals surface area contributed by atoms with Crippen molar-refractivity contribution in [3.05, 3.63) is 32.2 Å². The van der Waals surface area contributed by atoms with Gasteiger partial charge in [-0.2, -0.15) is 0 Å². The van der Waals surface area contributed by atoms with Crippen LogP contribution in [0.4, 0.5) is 0 Å². The zero-order valence-electron chi connectivity index (χ0n) is 10.8. The average molecular weight is 360 g/mol. The van der Waals surface area contributed by atoms with Gasteiger partial charge in [-0.25, -0.2) is 0 Å². The molecule has 4 aliphatic rings. The van der Waals surface area contributed by atoms with Gasteiger partial charge in [-0.3, -0.25) is 0 Å². The molecule has 1 aromatic carbocycles. The van der Waals surface area contributed by atoms with E-state index < -0.39 is 0 Å². The molecule has 0 unspecified atom stereocenters. The zero-order valence-corrected chi connectivity index (χ0v) is 13.9. The number of hydrogen-bond acceptors (Lipinski definition) is 0. The Morgan fingerprint density at radius 1 is 0.947 bits per heavy atom. The summed E-state index contributed by atoms with van der Waals surface area (Å²) < 4.78 is 0.951. The minimum absolute atomic E-state index is 0.394. The summed E-state index contributed by atoms with van der Waals surface area (Å²) in [4.78, 5) is 0. The molecule has 0 heterocycles. The molecule has 4 bridgehead atoms. The average Bonchev–Trinajstić information content (AvgIpc) is 2.33. The van der Waals surface area contributed by atoms with Crippen LogP contribution in [0.5, 0.6) is 0 Å². The monoisotopic (exact) mass is 358 g/mol. The van der Waals surface area contributed by atoms with Gasteiger partial charge in [0, 0.05) is 4.47 Å². The lowest BCUT2D eigenvalue weighted by molar-refractivity contribution is -0.00520. The van der Waals surface area contributed by atoms with Gasteiger partial charge in [-0.05, 0) is 95.3 Å². The van der Waals surface area contributed by atoms with E-state index in [1.165, 1.54) is 44.1 Å². The Bertz CT molecular complexity index is 479. The van der Waals surface area contributed by atoms with E-state index >= 15 is 0 Å². The standard InChI is InChI=1S/C16H17BrCl2/c17-13-4-12(5-14(18)15(13)19)16-6-9-1-10(7-16)3-11(2-9)8-16/h4-5,9-11H,1-3,6-8H2. The zero-order chi connectivity index (χ0) is 13.2. The van der Waals surface area contributed by atoms with Crippen LogP contribution < -0.4 is 0 Å². The van der Waals surface area contributed by atoms with E-state index in [1.54, 1.807) is 0 Å². The molecule has 5 rings (SSSR count). The topological polar surface area (TPSA) is 0 Å². The second-order valence-electron chi connectivity index (χ2n) is 6.95. The van der Waals surface area contributed by atoms with E-state index in [1.807, 2.05) is 0 Å². The van der Waals surface area contributed by atoms with Crippen molar-refractivity contribution in [2.75, 3.05) is 0 Å². The fourth-order valence-corrected chi connectivity index (χ4v) is 6.23. The third kappa shape index (κ3) is 2.00. The molecule has 3 heteroatoms. The molecule has 4 fully saturated rings. The van der Waals surface area contributed by atoms with Crippen molar-refractivity contribution < 1.29 is 0 Å². The summed E-state index contributed by atoms with van der Waals surface area (Å²) in [5.41, 5.74) is 1.82. The molecule has 0 radical (unpaired) electrons. The summed E-state index contributed by atoms with van der Waals surface area (Å²) in [7, 11) is 0. The Morgan fingerprint density at radius 2 is 1.47 bits per heavy atom. The summed E-state index contributed by atoms with van der Waals surface area (Å²) in [6.07, 6.45) is 8.52. The van der Waals surface area contributed by atoms with Crippen LogP contribution in [0.2, 0.25) is 10.0 Å². The van der Waals surface area contributed by atoms with E-state index in [0.29, 0.717) is 15.5 Å². The first kappa shape index (κ1) is 13.0. The largest absolute Gasteiger partial charge is 0.0827 e. The van der Waals surface area contributed by atoms with Crippen molar-refractivity contribution in [1.82, 2.24) is 0 Å². The van der Waals surface area contributed by atoms with Gasteiger partial charge in [-0.1, -0.05) is 23.2 Å². The Morgan fingerprint density at radius 3 is 1.95 bits per heavy atom. The molecule has 4 saturated carbocycles. The van der Waals surface area contributed by atoms with E-state index in [-0.39, 0.29) is 0 Å². The normalized spacial score (nSPS) is 39.8. The lowest BCUT2D eigenvalue weighted by Crippen LogP contribution is -2.48. The summed E-state index contributed by atoms with van der Waals surface area (Å²) >= 11 is 16.0. The molecule has 0 N–H and O–H groups in total. The molecule has 0 spiro atoms. The molecular weight excluding hydrogens is 343 g/mol. The van der Waals surface area contributed by atoms with Gasteiger partial charge in [-0.15, -0.1) is 0 Å². The molecule has 0 aliphatic heterocycles. The van der Waals surface area contributed by atoms with Crippen molar-refractivity contribution in [2.45, 2.75) is 43.9 Å². The van der Waals surface area contributed by atoms with Crippen LogP contribution in [0.25, 0.3) is 0 Å². The van der Waals surface area contributed by atoms with E-state index in [0.717, 1.165) is 22.2 Å². The Hall–Kier alpha value is 0.280. The first-order valence-corrected chi connectivity index (χ1v) is 8.76. The lowest BCUT2D eigenvalue weighted by atomic mass is 9.48. The fraction of sp³-hybridized carbons (Fsp3) is 0.625. The highest BCUT2D eigenvalue weighted by atomic mass is 79.9. The Kier molecular flexibility index (Phi) is 3.00. The fourth-order valence-electron chi connectivity index (χ4n) is 5.33. The van der Waals surface area contributed by atoms with Crippen LogP contribution in [0.3, 0.4) is 0 Å². The van der Waals surface area contributed by atoms with Gasteiger partial charge in [0.25, 0.3) is 0 Å². The van der Waals surface area contributed by atoms with E-state index in [4.69, 9.17) is 23.2 Å². The minimum Gasteiger partial charge on any atom is -0.0827 e. The summed E-state index contributed by atoms with van der Waals surface area (Å²) in [5.74, 6) is 2.87. The number of hydrogen-bond donors (Lipinski definition) is 0.